The minimum absolute atomic E-state index is 0.0128. The SMILES string of the molecule is CCN1C(=O)OCC1Cc1ccc(Oc2ccc(N(C)c3ncccc3[N+](=O)[O-])cc2F)cc1. The summed E-state index contributed by atoms with van der Waals surface area (Å²) in [5, 5.41) is 11.3. The highest BCUT2D eigenvalue weighted by Crippen LogP contribution is 2.33. The number of hydrogen-bond donors (Lipinski definition) is 0. The fourth-order valence-corrected chi connectivity index (χ4v) is 3.83. The fraction of sp³-hybridized carbons (Fsp3) is 0.250. The Kier molecular flexibility index (Phi) is 6.58. The predicted octanol–water partition coefficient (Wildman–Crippen LogP) is 5.07. The molecular formula is C24H23FN4O5. The second kappa shape index (κ2) is 9.74. The molecule has 0 bridgehead atoms. The van der Waals surface area contributed by atoms with Gasteiger partial charge in [-0.25, -0.2) is 14.2 Å². The number of hydrogen-bond acceptors (Lipinski definition) is 7. The Morgan fingerprint density at radius 2 is 2.03 bits per heavy atom. The molecule has 176 valence electrons. The maximum Gasteiger partial charge on any atom is 0.410 e. The number of likely N-dealkylation sites (N-methyl/N-ethyl adjacent to an activating group) is 1. The third-order valence-corrected chi connectivity index (χ3v) is 5.62. The van der Waals surface area contributed by atoms with Gasteiger partial charge in [-0.15, -0.1) is 0 Å². The van der Waals surface area contributed by atoms with Crippen LogP contribution in [0, 0.1) is 15.9 Å². The number of carbonyl (C=O) groups excluding carboxylic acids is 1. The molecule has 9 nitrogen and oxygen atoms in total. The van der Waals surface area contributed by atoms with Crippen LogP contribution >= 0.6 is 0 Å². The molecule has 0 radical (unpaired) electrons. The molecular weight excluding hydrogens is 443 g/mol. The van der Waals surface area contributed by atoms with Crippen LogP contribution in [0.15, 0.2) is 60.8 Å². The van der Waals surface area contributed by atoms with Crippen LogP contribution in [-0.2, 0) is 11.2 Å². The zero-order valence-electron chi connectivity index (χ0n) is 18.7. The lowest BCUT2D eigenvalue weighted by atomic mass is 10.1. The van der Waals surface area contributed by atoms with Crippen molar-refractivity contribution in [3.63, 3.8) is 0 Å². The largest absolute Gasteiger partial charge is 0.454 e. The Hall–Kier alpha value is -4.21. The average Bonchev–Trinajstić information content (AvgIpc) is 3.19. The first-order chi connectivity index (χ1) is 16.4. The topological polar surface area (TPSA) is 98.0 Å². The van der Waals surface area contributed by atoms with Gasteiger partial charge in [0.2, 0.25) is 5.82 Å². The lowest BCUT2D eigenvalue weighted by Crippen LogP contribution is -2.34. The van der Waals surface area contributed by atoms with Crippen LogP contribution in [0.1, 0.15) is 12.5 Å². The molecule has 34 heavy (non-hydrogen) atoms. The number of nitrogens with zero attached hydrogens (tertiary/aromatic N) is 4. The van der Waals surface area contributed by atoms with Gasteiger partial charge < -0.3 is 19.3 Å². The van der Waals surface area contributed by atoms with Crippen molar-refractivity contribution in [1.82, 2.24) is 9.88 Å². The van der Waals surface area contributed by atoms with Gasteiger partial charge in [-0.1, -0.05) is 12.1 Å². The van der Waals surface area contributed by atoms with Gasteiger partial charge in [0.05, 0.1) is 11.0 Å². The number of anilines is 2. The summed E-state index contributed by atoms with van der Waals surface area (Å²) in [7, 11) is 1.58. The van der Waals surface area contributed by atoms with Crippen LogP contribution in [0.25, 0.3) is 0 Å². The Balaban J connectivity index is 1.45. The monoisotopic (exact) mass is 466 g/mol. The summed E-state index contributed by atoms with van der Waals surface area (Å²) in [6.07, 6.45) is 1.79. The molecule has 2 heterocycles. The Bertz CT molecular complexity index is 1200. The quantitative estimate of drug-likeness (QED) is 0.338. The number of carbonyl (C=O) groups is 1. The number of pyridine rings is 1. The van der Waals surface area contributed by atoms with Crippen LogP contribution in [0.3, 0.4) is 0 Å². The van der Waals surface area contributed by atoms with Crippen LogP contribution in [-0.4, -0.2) is 47.1 Å². The molecule has 1 atom stereocenters. The third kappa shape index (κ3) is 4.75. The highest BCUT2D eigenvalue weighted by Gasteiger charge is 2.31. The third-order valence-electron chi connectivity index (χ3n) is 5.62. The predicted molar refractivity (Wildman–Crippen MR) is 123 cm³/mol. The second-order valence-electron chi connectivity index (χ2n) is 7.74. The molecule has 10 heteroatoms. The van der Waals surface area contributed by atoms with Crippen molar-refractivity contribution in [3.05, 3.63) is 82.3 Å². The fourth-order valence-electron chi connectivity index (χ4n) is 3.83. The van der Waals surface area contributed by atoms with Crippen LogP contribution in [0.5, 0.6) is 11.5 Å². The summed E-state index contributed by atoms with van der Waals surface area (Å²) in [4.78, 5) is 29.6. The Morgan fingerprint density at radius 3 is 2.71 bits per heavy atom. The van der Waals surface area contributed by atoms with E-state index >= 15 is 0 Å². The summed E-state index contributed by atoms with van der Waals surface area (Å²) in [6.45, 7) is 2.85. The van der Waals surface area contributed by atoms with Gasteiger partial charge in [0.15, 0.2) is 11.6 Å². The molecule has 3 aromatic rings. The van der Waals surface area contributed by atoms with Crippen molar-refractivity contribution in [2.75, 3.05) is 25.1 Å². The number of benzene rings is 2. The van der Waals surface area contributed by atoms with E-state index in [0.717, 1.165) is 5.56 Å². The lowest BCUT2D eigenvalue weighted by Gasteiger charge is -2.19. The minimum Gasteiger partial charge on any atom is -0.454 e. The van der Waals surface area contributed by atoms with Gasteiger partial charge in [-0.05, 0) is 49.2 Å². The van der Waals surface area contributed by atoms with Crippen LogP contribution in [0.2, 0.25) is 0 Å². The first-order valence-corrected chi connectivity index (χ1v) is 10.7. The number of cyclic esters (lactones) is 1. The van der Waals surface area contributed by atoms with E-state index < -0.39 is 10.7 Å². The maximum atomic E-state index is 14.8. The second-order valence-corrected chi connectivity index (χ2v) is 7.74. The first-order valence-electron chi connectivity index (χ1n) is 10.7. The van der Waals surface area contributed by atoms with E-state index in [-0.39, 0.29) is 29.4 Å². The van der Waals surface area contributed by atoms with Crippen molar-refractivity contribution in [1.29, 1.82) is 0 Å². The van der Waals surface area contributed by atoms with Crippen LogP contribution in [0.4, 0.5) is 26.4 Å². The van der Waals surface area contributed by atoms with E-state index in [9.17, 15) is 19.3 Å². The number of ether oxygens (including phenoxy) is 2. The standard InChI is InChI=1S/C24H23FN4O5/c1-3-28-18(15-33-24(28)30)13-16-6-9-19(10-7-16)34-22-11-8-17(14-20(22)25)27(2)23-21(29(31)32)5-4-12-26-23/h4-12,14,18H,3,13,15H2,1-2H3. The Morgan fingerprint density at radius 1 is 1.26 bits per heavy atom. The molecule has 1 fully saturated rings. The number of rotatable bonds is 8. The summed E-state index contributed by atoms with van der Waals surface area (Å²) in [6, 6.07) is 14.3. The molecule has 1 unspecified atom stereocenters. The lowest BCUT2D eigenvalue weighted by molar-refractivity contribution is -0.384. The van der Waals surface area contributed by atoms with Gasteiger partial charge >= 0.3 is 11.8 Å². The maximum absolute atomic E-state index is 14.8. The van der Waals surface area contributed by atoms with Crippen molar-refractivity contribution < 1.29 is 23.6 Å². The van der Waals surface area contributed by atoms with E-state index in [0.29, 0.717) is 31.0 Å². The number of aromatic nitrogens is 1. The van der Waals surface area contributed by atoms with E-state index in [1.807, 2.05) is 19.1 Å². The highest BCUT2D eigenvalue weighted by atomic mass is 19.1. The van der Waals surface area contributed by atoms with Gasteiger partial charge in [0, 0.05) is 37.6 Å². The van der Waals surface area contributed by atoms with Crippen molar-refractivity contribution in [2.45, 2.75) is 19.4 Å². The van der Waals surface area contributed by atoms with E-state index in [2.05, 4.69) is 4.98 Å². The molecule has 1 aromatic heterocycles. The van der Waals surface area contributed by atoms with E-state index in [1.165, 1.54) is 35.4 Å². The van der Waals surface area contributed by atoms with Gasteiger partial charge in [-0.2, -0.15) is 0 Å². The zero-order chi connectivity index (χ0) is 24.2. The highest BCUT2D eigenvalue weighted by molar-refractivity contribution is 5.70. The van der Waals surface area contributed by atoms with E-state index in [1.54, 1.807) is 30.1 Å². The van der Waals surface area contributed by atoms with Gasteiger partial charge in [0.1, 0.15) is 12.4 Å². The summed E-state index contributed by atoms with van der Waals surface area (Å²) in [5.41, 5.74) is 1.21. The van der Waals surface area contributed by atoms with Crippen molar-refractivity contribution in [3.8, 4) is 11.5 Å². The van der Waals surface area contributed by atoms with Crippen LogP contribution < -0.4 is 9.64 Å². The molecule has 0 N–H and O–H groups in total. The molecule has 0 spiro atoms. The molecule has 1 aliphatic rings. The van der Waals surface area contributed by atoms with Crippen molar-refractivity contribution >= 4 is 23.3 Å². The molecule has 2 aromatic carbocycles. The molecule has 1 saturated heterocycles. The van der Waals surface area contributed by atoms with Crippen molar-refractivity contribution in [2.24, 2.45) is 0 Å². The van der Waals surface area contributed by atoms with Gasteiger partial charge in [0.25, 0.3) is 0 Å². The average molecular weight is 466 g/mol. The molecule has 1 aliphatic heterocycles. The normalized spacial score (nSPS) is 15.2. The smallest absolute Gasteiger partial charge is 0.410 e. The number of amides is 1. The molecule has 4 rings (SSSR count). The number of halogens is 1. The van der Waals surface area contributed by atoms with Gasteiger partial charge in [-0.3, -0.25) is 10.1 Å². The molecule has 0 saturated carbocycles. The summed E-state index contributed by atoms with van der Waals surface area (Å²) >= 11 is 0. The summed E-state index contributed by atoms with van der Waals surface area (Å²) in [5.74, 6) is -0.0399. The summed E-state index contributed by atoms with van der Waals surface area (Å²) < 4.78 is 25.6. The molecule has 1 amide bonds. The molecule has 0 aliphatic carbocycles. The zero-order valence-corrected chi connectivity index (χ0v) is 18.7. The minimum atomic E-state index is -0.618. The first kappa shape index (κ1) is 23.0. The Labute approximate surface area is 195 Å². The number of nitro groups is 1. The van der Waals surface area contributed by atoms with E-state index in [4.69, 9.17) is 9.47 Å².